The lowest BCUT2D eigenvalue weighted by Gasteiger charge is -2.17. The molecule has 5 nitrogen and oxygen atoms in total. The van der Waals surface area contributed by atoms with Gasteiger partial charge in [-0.2, -0.15) is 0 Å². The van der Waals surface area contributed by atoms with Crippen molar-refractivity contribution in [2.45, 2.75) is 44.8 Å². The molecule has 0 aliphatic heterocycles. The molecule has 1 unspecified atom stereocenters. The van der Waals surface area contributed by atoms with Gasteiger partial charge in [0.2, 0.25) is 0 Å². The molecule has 25 heavy (non-hydrogen) atoms. The van der Waals surface area contributed by atoms with Gasteiger partial charge in [0.1, 0.15) is 28.5 Å². The monoisotopic (exact) mass is 359 g/mol. The van der Waals surface area contributed by atoms with Crippen molar-refractivity contribution in [1.29, 1.82) is 0 Å². The van der Waals surface area contributed by atoms with Gasteiger partial charge in [-0.1, -0.05) is 42.4 Å². The summed E-state index contributed by atoms with van der Waals surface area (Å²) < 4.78 is 5.83. The van der Waals surface area contributed by atoms with Gasteiger partial charge in [0.05, 0.1) is 0 Å². The first-order valence-corrected chi connectivity index (χ1v) is 9.64. The Labute approximate surface area is 152 Å². The second-order valence-corrected chi connectivity index (χ2v) is 7.60. The fourth-order valence-corrected chi connectivity index (χ4v) is 3.57. The Balaban J connectivity index is 1.52. The lowest BCUT2D eigenvalue weighted by Crippen LogP contribution is -2.36. The molecule has 134 valence electrons. The number of hydrogen-bond donors (Lipinski definition) is 2. The van der Waals surface area contributed by atoms with Crippen LogP contribution in [-0.4, -0.2) is 40.6 Å². The quantitative estimate of drug-likeness (QED) is 0.757. The number of nitrogens with one attached hydrogen (secondary N) is 1. The maximum atomic E-state index is 10.2. The van der Waals surface area contributed by atoms with E-state index in [2.05, 4.69) is 15.5 Å². The first kappa shape index (κ1) is 18.0. The fraction of sp³-hybridized carbons (Fsp3) is 0.474. The molecule has 1 fully saturated rings. The Morgan fingerprint density at radius 3 is 2.84 bits per heavy atom. The number of aliphatic hydroxyl groups excluding tert-OH is 1. The van der Waals surface area contributed by atoms with Gasteiger partial charge in [0.15, 0.2) is 0 Å². The van der Waals surface area contributed by atoms with E-state index in [0.717, 1.165) is 21.3 Å². The second-order valence-electron chi connectivity index (χ2n) is 6.38. The summed E-state index contributed by atoms with van der Waals surface area (Å²) in [5.74, 6) is 0.764. The molecule has 1 heterocycles. The van der Waals surface area contributed by atoms with Gasteiger partial charge in [-0.15, -0.1) is 10.2 Å². The first-order valence-electron chi connectivity index (χ1n) is 8.82. The van der Waals surface area contributed by atoms with E-state index in [4.69, 9.17) is 4.74 Å². The number of para-hydroxylation sites is 1. The van der Waals surface area contributed by atoms with Gasteiger partial charge in [0, 0.05) is 18.2 Å². The average molecular weight is 359 g/mol. The van der Waals surface area contributed by atoms with E-state index in [1.165, 1.54) is 25.7 Å². The van der Waals surface area contributed by atoms with Crippen LogP contribution in [0, 0.1) is 6.92 Å². The van der Waals surface area contributed by atoms with Crippen molar-refractivity contribution in [3.63, 3.8) is 0 Å². The molecule has 1 atom stereocenters. The molecule has 1 aromatic heterocycles. The summed E-state index contributed by atoms with van der Waals surface area (Å²) in [6.45, 7) is 2.79. The zero-order valence-electron chi connectivity index (χ0n) is 14.5. The van der Waals surface area contributed by atoms with Crippen LogP contribution in [0.2, 0.25) is 0 Å². The van der Waals surface area contributed by atoms with Crippen LogP contribution in [0.4, 0.5) is 0 Å². The molecule has 2 aromatic rings. The van der Waals surface area contributed by atoms with Crippen molar-refractivity contribution >= 4 is 23.5 Å². The van der Waals surface area contributed by atoms with E-state index < -0.39 is 6.10 Å². The zero-order chi connectivity index (χ0) is 17.5. The van der Waals surface area contributed by atoms with Gasteiger partial charge >= 0.3 is 0 Å². The number of hydrogen-bond acceptors (Lipinski definition) is 6. The number of aliphatic hydroxyl groups is 1. The van der Waals surface area contributed by atoms with Crippen molar-refractivity contribution in [1.82, 2.24) is 15.5 Å². The van der Waals surface area contributed by atoms with Crippen LogP contribution in [-0.2, 0) is 0 Å². The third-order valence-corrected chi connectivity index (χ3v) is 5.10. The highest BCUT2D eigenvalue weighted by Crippen LogP contribution is 2.22. The number of benzene rings is 1. The Morgan fingerprint density at radius 2 is 2.08 bits per heavy atom. The van der Waals surface area contributed by atoms with E-state index >= 15 is 0 Å². The van der Waals surface area contributed by atoms with E-state index in [9.17, 15) is 5.11 Å². The van der Waals surface area contributed by atoms with E-state index in [0.29, 0.717) is 12.6 Å². The van der Waals surface area contributed by atoms with Crippen molar-refractivity contribution in [3.05, 3.63) is 39.8 Å². The lowest BCUT2D eigenvalue weighted by atomic mass is 10.2. The van der Waals surface area contributed by atoms with Crippen molar-refractivity contribution < 1.29 is 9.84 Å². The normalized spacial score (nSPS) is 16.6. The smallest absolute Gasteiger partial charge is 0.140 e. The summed E-state index contributed by atoms with van der Waals surface area (Å²) in [6.07, 6.45) is 8.40. The molecule has 0 amide bonds. The highest BCUT2D eigenvalue weighted by atomic mass is 32.1. The molecular formula is C19H25N3O2S. The van der Waals surface area contributed by atoms with Crippen LogP contribution in [0.15, 0.2) is 24.3 Å². The molecule has 1 aliphatic carbocycles. The molecule has 0 spiro atoms. The predicted molar refractivity (Wildman–Crippen MR) is 102 cm³/mol. The summed E-state index contributed by atoms with van der Waals surface area (Å²) in [5, 5.41) is 23.5. The maximum Gasteiger partial charge on any atom is 0.140 e. The summed E-state index contributed by atoms with van der Waals surface area (Å²) >= 11 is 1.55. The van der Waals surface area contributed by atoms with Gasteiger partial charge < -0.3 is 15.2 Å². The Hall–Kier alpha value is -1.76. The van der Waals surface area contributed by atoms with E-state index in [1.807, 2.05) is 43.3 Å². The van der Waals surface area contributed by atoms with E-state index in [-0.39, 0.29) is 6.61 Å². The van der Waals surface area contributed by atoms with Crippen LogP contribution >= 0.6 is 11.3 Å². The summed E-state index contributed by atoms with van der Waals surface area (Å²) in [5.41, 5.74) is 0.964. The molecule has 0 bridgehead atoms. The SMILES string of the molecule is Cc1nnc(/C=C\c2ccccc2OCC(O)CNC2CCCC2)s1. The number of nitrogens with zero attached hydrogens (tertiary/aromatic N) is 2. The minimum atomic E-state index is -0.511. The van der Waals surface area contributed by atoms with Gasteiger partial charge in [-0.25, -0.2) is 0 Å². The Morgan fingerprint density at radius 1 is 1.28 bits per heavy atom. The van der Waals surface area contributed by atoms with Gasteiger partial charge in [0.25, 0.3) is 0 Å². The minimum Gasteiger partial charge on any atom is -0.490 e. The molecule has 1 aliphatic rings. The topological polar surface area (TPSA) is 67.3 Å². The van der Waals surface area contributed by atoms with Gasteiger partial charge in [-0.3, -0.25) is 0 Å². The second kappa shape index (κ2) is 9.08. The standard InChI is InChI=1S/C19H25N3O2S/c1-14-21-22-19(25-14)11-10-15-6-2-5-9-18(15)24-13-17(23)12-20-16-7-3-4-8-16/h2,5-6,9-11,16-17,20,23H,3-4,7-8,12-13H2,1H3/b11-10-. The highest BCUT2D eigenvalue weighted by Gasteiger charge is 2.16. The summed E-state index contributed by atoms with van der Waals surface area (Å²) in [6, 6.07) is 8.37. The lowest BCUT2D eigenvalue weighted by molar-refractivity contribution is 0.103. The highest BCUT2D eigenvalue weighted by molar-refractivity contribution is 7.12. The third-order valence-electron chi connectivity index (χ3n) is 4.29. The molecule has 0 saturated heterocycles. The molecular weight excluding hydrogens is 334 g/mol. The molecule has 3 rings (SSSR count). The average Bonchev–Trinajstić information content (AvgIpc) is 3.28. The van der Waals surface area contributed by atoms with Crippen molar-refractivity contribution in [2.24, 2.45) is 0 Å². The molecule has 0 radical (unpaired) electrons. The van der Waals surface area contributed by atoms with Crippen LogP contribution in [0.5, 0.6) is 5.75 Å². The Kier molecular flexibility index (Phi) is 6.55. The number of aromatic nitrogens is 2. The predicted octanol–water partition coefficient (Wildman–Crippen LogP) is 3.29. The largest absolute Gasteiger partial charge is 0.490 e. The Bertz CT molecular complexity index is 695. The summed E-state index contributed by atoms with van der Waals surface area (Å²) in [7, 11) is 0. The van der Waals surface area contributed by atoms with E-state index in [1.54, 1.807) is 11.3 Å². The number of ether oxygens (including phenoxy) is 1. The summed E-state index contributed by atoms with van der Waals surface area (Å²) in [4.78, 5) is 0. The molecule has 1 aromatic carbocycles. The van der Waals surface area contributed by atoms with Crippen molar-refractivity contribution in [3.8, 4) is 5.75 Å². The first-order chi connectivity index (χ1) is 12.2. The number of rotatable bonds is 8. The zero-order valence-corrected chi connectivity index (χ0v) is 15.3. The van der Waals surface area contributed by atoms with Crippen LogP contribution in [0.3, 0.4) is 0 Å². The number of aryl methyl sites for hydroxylation is 1. The maximum absolute atomic E-state index is 10.2. The fourth-order valence-electron chi connectivity index (χ4n) is 2.97. The minimum absolute atomic E-state index is 0.280. The third kappa shape index (κ3) is 5.63. The van der Waals surface area contributed by atoms with Crippen LogP contribution in [0.25, 0.3) is 12.2 Å². The molecule has 6 heteroatoms. The molecule has 2 N–H and O–H groups in total. The molecule has 1 saturated carbocycles. The van der Waals surface area contributed by atoms with Gasteiger partial charge in [-0.05, 0) is 38.0 Å². The van der Waals surface area contributed by atoms with Crippen LogP contribution < -0.4 is 10.1 Å². The van der Waals surface area contributed by atoms with Crippen LogP contribution in [0.1, 0.15) is 41.3 Å². The van der Waals surface area contributed by atoms with Crippen molar-refractivity contribution in [2.75, 3.05) is 13.2 Å².